The highest BCUT2D eigenvalue weighted by Gasteiger charge is 2.26. The highest BCUT2D eigenvalue weighted by Crippen LogP contribution is 2.36. The molecule has 0 saturated heterocycles. The summed E-state index contributed by atoms with van der Waals surface area (Å²) in [6.45, 7) is 2.80. The summed E-state index contributed by atoms with van der Waals surface area (Å²) in [6.07, 6.45) is 1.09. The molecule has 5 nitrogen and oxygen atoms in total. The summed E-state index contributed by atoms with van der Waals surface area (Å²) in [6, 6.07) is 9.44. The van der Waals surface area contributed by atoms with Gasteiger partial charge in [-0.1, -0.05) is 18.2 Å². The van der Waals surface area contributed by atoms with Crippen molar-refractivity contribution in [2.75, 3.05) is 13.2 Å². The van der Waals surface area contributed by atoms with Gasteiger partial charge < -0.3 is 20.5 Å². The molecule has 1 heterocycles. The number of amides is 2. The van der Waals surface area contributed by atoms with Crippen LogP contribution in [0, 0.1) is 0 Å². The number of aliphatic hydroxyl groups is 1. The minimum absolute atomic E-state index is 0.0145. The van der Waals surface area contributed by atoms with Gasteiger partial charge in [0.25, 0.3) is 0 Å². The van der Waals surface area contributed by atoms with Gasteiger partial charge >= 0.3 is 6.03 Å². The van der Waals surface area contributed by atoms with Crippen LogP contribution in [0.3, 0.4) is 0 Å². The third kappa shape index (κ3) is 3.71. The summed E-state index contributed by atoms with van der Waals surface area (Å²) in [5.74, 6) is 0.910. The number of fused-ring (bicyclic) bond motifs is 1. The molecule has 0 aliphatic heterocycles. The molecule has 2 atom stereocenters. The van der Waals surface area contributed by atoms with Gasteiger partial charge in [-0.3, -0.25) is 0 Å². The predicted molar refractivity (Wildman–Crippen MR) is 94.5 cm³/mol. The van der Waals surface area contributed by atoms with E-state index in [2.05, 4.69) is 10.6 Å². The maximum atomic E-state index is 12.1. The zero-order valence-electron chi connectivity index (χ0n) is 13.6. The molecule has 6 heteroatoms. The van der Waals surface area contributed by atoms with Crippen LogP contribution in [0.15, 0.2) is 35.7 Å². The van der Waals surface area contributed by atoms with E-state index in [1.54, 1.807) is 0 Å². The number of nitrogens with one attached hydrogen (secondary N) is 2. The molecule has 24 heavy (non-hydrogen) atoms. The number of rotatable bonds is 6. The van der Waals surface area contributed by atoms with E-state index in [9.17, 15) is 9.90 Å². The van der Waals surface area contributed by atoms with E-state index in [0.717, 1.165) is 29.0 Å². The number of benzene rings is 1. The monoisotopic (exact) mass is 346 g/mol. The van der Waals surface area contributed by atoms with Crippen molar-refractivity contribution in [2.45, 2.75) is 31.9 Å². The van der Waals surface area contributed by atoms with Gasteiger partial charge in [0.1, 0.15) is 11.9 Å². The Hall–Kier alpha value is -2.05. The quantitative estimate of drug-likeness (QED) is 0.752. The third-order valence-corrected chi connectivity index (χ3v) is 5.13. The zero-order chi connectivity index (χ0) is 16.9. The smallest absolute Gasteiger partial charge is 0.315 e. The molecule has 1 aliphatic rings. The standard InChI is InChI=1S/C18H22N2O3S/c1-2-23-16-6-3-5-12-13(16)8-9-14(12)20-18(22)19-11-15(21)17-7-4-10-24-17/h3-7,10,14-15,21H,2,8-9,11H2,1H3,(H2,19,20,22)/t14-,15+/m1/s1. The topological polar surface area (TPSA) is 70.6 Å². The summed E-state index contributed by atoms with van der Waals surface area (Å²) in [5.41, 5.74) is 2.30. The lowest BCUT2D eigenvalue weighted by atomic mass is 10.1. The number of carbonyl (C=O) groups excluding carboxylic acids is 1. The minimum atomic E-state index is -0.670. The number of urea groups is 1. The Morgan fingerprint density at radius 3 is 3.04 bits per heavy atom. The first kappa shape index (κ1) is 16.8. The second kappa shape index (κ2) is 7.68. The summed E-state index contributed by atoms with van der Waals surface area (Å²) < 4.78 is 5.66. The fourth-order valence-electron chi connectivity index (χ4n) is 3.04. The van der Waals surface area contributed by atoms with E-state index in [-0.39, 0.29) is 18.6 Å². The lowest BCUT2D eigenvalue weighted by Crippen LogP contribution is -2.39. The Labute approximate surface area is 145 Å². The molecule has 3 rings (SSSR count). The maximum Gasteiger partial charge on any atom is 0.315 e. The largest absolute Gasteiger partial charge is 0.494 e. The molecule has 0 fully saturated rings. The van der Waals surface area contributed by atoms with Crippen molar-refractivity contribution in [3.8, 4) is 5.75 Å². The van der Waals surface area contributed by atoms with Crippen molar-refractivity contribution in [3.63, 3.8) is 0 Å². The van der Waals surface area contributed by atoms with Crippen molar-refractivity contribution >= 4 is 17.4 Å². The Morgan fingerprint density at radius 1 is 1.42 bits per heavy atom. The van der Waals surface area contributed by atoms with Crippen LogP contribution in [0.2, 0.25) is 0 Å². The molecule has 0 saturated carbocycles. The van der Waals surface area contributed by atoms with Crippen LogP contribution in [0.5, 0.6) is 5.75 Å². The number of aliphatic hydroxyl groups excluding tert-OH is 1. The van der Waals surface area contributed by atoms with E-state index in [1.807, 2.05) is 42.6 Å². The van der Waals surface area contributed by atoms with Gasteiger partial charge in [0.2, 0.25) is 0 Å². The minimum Gasteiger partial charge on any atom is -0.494 e. The van der Waals surface area contributed by atoms with Gasteiger partial charge in [0, 0.05) is 4.88 Å². The van der Waals surface area contributed by atoms with Gasteiger partial charge in [-0.2, -0.15) is 0 Å². The van der Waals surface area contributed by atoms with Crippen molar-refractivity contribution in [3.05, 3.63) is 51.7 Å². The van der Waals surface area contributed by atoms with E-state index in [4.69, 9.17) is 4.74 Å². The van der Waals surface area contributed by atoms with Crippen LogP contribution in [0.1, 0.15) is 41.5 Å². The van der Waals surface area contributed by atoms with Crippen molar-refractivity contribution in [2.24, 2.45) is 0 Å². The predicted octanol–water partition coefficient (Wildman–Crippen LogP) is 3.17. The first-order valence-corrected chi connectivity index (χ1v) is 9.07. The van der Waals surface area contributed by atoms with Crippen LogP contribution in [0.4, 0.5) is 4.79 Å². The summed E-state index contributed by atoms with van der Waals surface area (Å²) >= 11 is 1.48. The second-order valence-corrected chi connectivity index (χ2v) is 6.71. The Morgan fingerprint density at radius 2 is 2.29 bits per heavy atom. The van der Waals surface area contributed by atoms with Crippen molar-refractivity contribution < 1.29 is 14.6 Å². The molecule has 2 amide bonds. The van der Waals surface area contributed by atoms with E-state index in [0.29, 0.717) is 6.61 Å². The number of hydrogen-bond acceptors (Lipinski definition) is 4. The Kier molecular flexibility index (Phi) is 5.37. The van der Waals surface area contributed by atoms with E-state index >= 15 is 0 Å². The summed E-state index contributed by atoms with van der Waals surface area (Å²) in [5, 5.41) is 17.7. The molecule has 0 bridgehead atoms. The van der Waals surface area contributed by atoms with Crippen LogP contribution in [-0.4, -0.2) is 24.3 Å². The molecule has 128 valence electrons. The van der Waals surface area contributed by atoms with Crippen LogP contribution in [0.25, 0.3) is 0 Å². The van der Waals surface area contributed by atoms with Gasteiger partial charge in [-0.15, -0.1) is 11.3 Å². The molecule has 1 aliphatic carbocycles. The maximum absolute atomic E-state index is 12.1. The number of hydrogen-bond donors (Lipinski definition) is 3. The summed E-state index contributed by atoms with van der Waals surface area (Å²) in [7, 11) is 0. The van der Waals surface area contributed by atoms with E-state index in [1.165, 1.54) is 16.9 Å². The molecular formula is C18H22N2O3S. The van der Waals surface area contributed by atoms with Crippen molar-refractivity contribution in [1.82, 2.24) is 10.6 Å². The molecule has 2 aromatic rings. The molecule has 0 spiro atoms. The van der Waals surface area contributed by atoms with Gasteiger partial charge in [0.05, 0.1) is 19.2 Å². The van der Waals surface area contributed by atoms with Crippen LogP contribution < -0.4 is 15.4 Å². The van der Waals surface area contributed by atoms with E-state index < -0.39 is 6.10 Å². The number of thiophene rings is 1. The first-order chi connectivity index (χ1) is 11.7. The SMILES string of the molecule is CCOc1cccc2c1CC[C@H]2NC(=O)NC[C@H](O)c1cccs1. The molecular weight excluding hydrogens is 324 g/mol. The second-order valence-electron chi connectivity index (χ2n) is 5.73. The van der Waals surface area contributed by atoms with Crippen LogP contribution in [-0.2, 0) is 6.42 Å². The summed E-state index contributed by atoms with van der Waals surface area (Å²) in [4.78, 5) is 13.0. The highest BCUT2D eigenvalue weighted by atomic mass is 32.1. The lowest BCUT2D eigenvalue weighted by Gasteiger charge is -2.17. The van der Waals surface area contributed by atoms with Crippen molar-refractivity contribution in [1.29, 1.82) is 0 Å². The van der Waals surface area contributed by atoms with Gasteiger partial charge in [-0.05, 0) is 48.4 Å². The fraction of sp³-hybridized carbons (Fsp3) is 0.389. The van der Waals surface area contributed by atoms with Gasteiger partial charge in [-0.25, -0.2) is 4.79 Å². The highest BCUT2D eigenvalue weighted by molar-refractivity contribution is 7.10. The van der Waals surface area contributed by atoms with Gasteiger partial charge in [0.15, 0.2) is 0 Å². The van der Waals surface area contributed by atoms with Crippen LogP contribution >= 0.6 is 11.3 Å². The lowest BCUT2D eigenvalue weighted by molar-refractivity contribution is 0.175. The Bertz CT molecular complexity index is 688. The normalized spacial score (nSPS) is 17.2. The zero-order valence-corrected chi connectivity index (χ0v) is 14.4. The molecule has 3 N–H and O–H groups in total. The fourth-order valence-corrected chi connectivity index (χ4v) is 3.75. The molecule has 0 radical (unpaired) electrons. The number of ether oxygens (including phenoxy) is 1. The average molecular weight is 346 g/mol. The third-order valence-electron chi connectivity index (χ3n) is 4.16. The first-order valence-electron chi connectivity index (χ1n) is 8.19. The number of carbonyl (C=O) groups is 1. The molecule has 1 aromatic carbocycles. The average Bonchev–Trinajstić information content (AvgIpc) is 3.24. The molecule has 0 unspecified atom stereocenters. The Balaban J connectivity index is 1.56. The molecule has 1 aromatic heterocycles.